The smallest absolute Gasteiger partial charge is 0.262 e. The van der Waals surface area contributed by atoms with E-state index < -0.39 is 23.8 Å². The Hall–Kier alpha value is -4.65. The summed E-state index contributed by atoms with van der Waals surface area (Å²) in [6.07, 6.45) is 2.16. The lowest BCUT2D eigenvalue weighted by Crippen LogP contribution is -2.54. The first kappa shape index (κ1) is 35.1. The van der Waals surface area contributed by atoms with E-state index >= 15 is 0 Å². The summed E-state index contributed by atoms with van der Waals surface area (Å²) in [6, 6.07) is 26.9. The van der Waals surface area contributed by atoms with Crippen LogP contribution < -0.4 is 15.0 Å². The van der Waals surface area contributed by atoms with Crippen molar-refractivity contribution in [2.45, 2.75) is 53.9 Å². The zero-order chi connectivity index (χ0) is 37.1. The fraction of sp³-hybridized carbons (Fsp3) is 0.333. The number of benzene rings is 4. The van der Waals surface area contributed by atoms with Crippen molar-refractivity contribution in [2.75, 3.05) is 37.6 Å². The van der Waals surface area contributed by atoms with Gasteiger partial charge in [0.1, 0.15) is 23.6 Å². The molecule has 9 rings (SSSR count). The monoisotopic (exact) mass is 806 g/mol. The largest absolute Gasteiger partial charge is 0.508 e. The highest BCUT2D eigenvalue weighted by Crippen LogP contribution is 2.55. The zero-order valence-electron chi connectivity index (χ0n) is 29.4. The Bertz CT molecular complexity index is 2150. The molecule has 12 heteroatoms. The number of aromatic hydroxyl groups is 1. The van der Waals surface area contributed by atoms with E-state index in [0.29, 0.717) is 23.0 Å². The zero-order valence-corrected chi connectivity index (χ0v) is 31.9. The number of phenols is 1. The quantitative estimate of drug-likeness (QED) is 0.185. The standard InChI is InChI=1S/C42H39BrN4O6S/c43-28-5-1-26(2-6-28)39-38(33-12-8-30(48)20-36(33)54-39)53-31-9-3-25(4-10-31)27-22-45(23-27)21-24-15-17-46(18-16-24)29-7-11-32-34(19-29)42(52)47(41(32)51)35-13-14-37(49)44-40(35)50/h1-12,19-20,24,27,35,38-39,48H,13-18,21-23H2,(H,44,49,50). The van der Waals surface area contributed by atoms with Gasteiger partial charge in [0.2, 0.25) is 11.8 Å². The van der Waals surface area contributed by atoms with Gasteiger partial charge in [0.15, 0.2) is 0 Å². The number of amides is 4. The Morgan fingerprint density at radius 2 is 1.54 bits per heavy atom. The number of fused-ring (bicyclic) bond motifs is 2. The molecule has 0 aromatic heterocycles. The molecule has 0 bridgehead atoms. The maximum absolute atomic E-state index is 13.3. The van der Waals surface area contributed by atoms with E-state index in [-0.39, 0.29) is 35.9 Å². The fourth-order valence-corrected chi connectivity index (χ4v) is 10.2. The molecule has 0 aliphatic carbocycles. The lowest BCUT2D eigenvalue weighted by molar-refractivity contribution is -0.136. The summed E-state index contributed by atoms with van der Waals surface area (Å²) in [7, 11) is 0. The summed E-state index contributed by atoms with van der Waals surface area (Å²) in [5.74, 6) is 0.248. The molecule has 5 aliphatic heterocycles. The normalized spacial score (nSPS) is 23.3. The number of nitrogens with zero attached hydrogens (tertiary/aromatic N) is 3. The van der Waals surface area contributed by atoms with Crippen molar-refractivity contribution in [1.82, 2.24) is 15.1 Å². The van der Waals surface area contributed by atoms with E-state index in [1.54, 1.807) is 30.0 Å². The third-order valence-electron chi connectivity index (χ3n) is 11.5. The number of phenolic OH excluding ortho intramolecular Hbond substituents is 1. The molecule has 0 saturated carbocycles. The average molecular weight is 808 g/mol. The van der Waals surface area contributed by atoms with Gasteiger partial charge >= 0.3 is 0 Å². The lowest BCUT2D eigenvalue weighted by atomic mass is 9.88. The predicted octanol–water partition coefficient (Wildman–Crippen LogP) is 6.84. The van der Waals surface area contributed by atoms with Crippen LogP contribution in [0.4, 0.5) is 5.69 Å². The number of anilines is 1. The Balaban J connectivity index is 0.770. The third kappa shape index (κ3) is 6.58. The van der Waals surface area contributed by atoms with Crippen molar-refractivity contribution in [1.29, 1.82) is 0 Å². The minimum Gasteiger partial charge on any atom is -0.508 e. The van der Waals surface area contributed by atoms with Gasteiger partial charge in [0.05, 0.1) is 16.4 Å². The average Bonchev–Trinajstić information content (AvgIpc) is 3.63. The van der Waals surface area contributed by atoms with Gasteiger partial charge in [-0.15, -0.1) is 11.8 Å². The number of piperidine rings is 2. The number of imide groups is 2. The SMILES string of the molecule is O=C1CCC(N2C(=O)c3ccc(N4CCC(CN5CC(c6ccc(OC7c8ccc(O)cc8SC7c7ccc(Br)cc7)cc6)C5)CC4)cc3C2=O)C(=O)N1. The van der Waals surface area contributed by atoms with Crippen LogP contribution >= 0.6 is 27.7 Å². The highest BCUT2D eigenvalue weighted by Gasteiger charge is 2.45. The Morgan fingerprint density at radius 3 is 2.28 bits per heavy atom. The van der Waals surface area contributed by atoms with E-state index in [1.165, 1.54) is 11.1 Å². The number of rotatable bonds is 8. The molecule has 3 fully saturated rings. The van der Waals surface area contributed by atoms with Crippen LogP contribution in [0.25, 0.3) is 0 Å². The highest BCUT2D eigenvalue weighted by molar-refractivity contribution is 9.10. The molecule has 54 heavy (non-hydrogen) atoms. The van der Waals surface area contributed by atoms with Gasteiger partial charge in [-0.2, -0.15) is 0 Å². The molecule has 4 aromatic rings. The molecule has 5 heterocycles. The van der Waals surface area contributed by atoms with Crippen LogP contribution in [0.2, 0.25) is 0 Å². The van der Waals surface area contributed by atoms with E-state index in [4.69, 9.17) is 4.74 Å². The molecule has 10 nitrogen and oxygen atoms in total. The Labute approximate surface area is 326 Å². The van der Waals surface area contributed by atoms with Crippen molar-refractivity contribution < 1.29 is 29.0 Å². The number of carbonyl (C=O) groups is 4. The van der Waals surface area contributed by atoms with E-state index in [1.807, 2.05) is 18.2 Å². The summed E-state index contributed by atoms with van der Waals surface area (Å²) in [5.41, 5.74) is 5.14. The summed E-state index contributed by atoms with van der Waals surface area (Å²) in [6.45, 7) is 4.87. The van der Waals surface area contributed by atoms with Gasteiger partial charge in [0, 0.05) is 65.7 Å². The molecular formula is C42H39BrN4O6S. The first-order valence-electron chi connectivity index (χ1n) is 18.5. The number of hydrogen-bond donors (Lipinski definition) is 2. The number of halogens is 1. The number of carbonyl (C=O) groups excluding carboxylic acids is 4. The molecule has 4 amide bonds. The van der Waals surface area contributed by atoms with Crippen LogP contribution in [-0.2, 0) is 9.59 Å². The second-order valence-electron chi connectivity index (χ2n) is 14.9. The van der Waals surface area contributed by atoms with Crippen molar-refractivity contribution >= 4 is 57.0 Å². The molecule has 3 unspecified atom stereocenters. The van der Waals surface area contributed by atoms with Gasteiger partial charge in [0.25, 0.3) is 11.8 Å². The predicted molar refractivity (Wildman–Crippen MR) is 208 cm³/mol. The first-order chi connectivity index (χ1) is 26.2. The van der Waals surface area contributed by atoms with Gasteiger partial charge in [-0.25, -0.2) is 0 Å². The van der Waals surface area contributed by atoms with Crippen LogP contribution in [0.5, 0.6) is 11.5 Å². The van der Waals surface area contributed by atoms with Crippen molar-refractivity contribution in [3.8, 4) is 11.5 Å². The van der Waals surface area contributed by atoms with E-state index in [0.717, 1.165) is 76.8 Å². The lowest BCUT2D eigenvalue weighted by Gasteiger charge is -2.43. The topological polar surface area (TPSA) is 119 Å². The number of hydrogen-bond acceptors (Lipinski definition) is 9. The molecular weight excluding hydrogens is 768 g/mol. The van der Waals surface area contributed by atoms with Crippen molar-refractivity contribution in [3.63, 3.8) is 0 Å². The number of ether oxygens (including phenoxy) is 1. The Kier molecular flexibility index (Phi) is 9.23. The maximum Gasteiger partial charge on any atom is 0.262 e. The van der Waals surface area contributed by atoms with Gasteiger partial charge in [-0.05, 0) is 90.9 Å². The number of nitrogens with one attached hydrogen (secondary N) is 1. The molecule has 3 atom stereocenters. The second-order valence-corrected chi connectivity index (χ2v) is 17.0. The fourth-order valence-electron chi connectivity index (χ4n) is 8.53. The van der Waals surface area contributed by atoms with E-state index in [2.05, 4.69) is 79.6 Å². The molecule has 276 valence electrons. The summed E-state index contributed by atoms with van der Waals surface area (Å²) < 4.78 is 7.70. The molecule has 5 aliphatic rings. The van der Waals surface area contributed by atoms with Crippen LogP contribution in [0, 0.1) is 5.92 Å². The third-order valence-corrected chi connectivity index (χ3v) is 13.4. The van der Waals surface area contributed by atoms with Gasteiger partial charge in [-0.3, -0.25) is 29.4 Å². The molecule has 3 saturated heterocycles. The van der Waals surface area contributed by atoms with E-state index in [9.17, 15) is 24.3 Å². The van der Waals surface area contributed by atoms with Crippen molar-refractivity contribution in [2.24, 2.45) is 5.92 Å². The van der Waals surface area contributed by atoms with Crippen molar-refractivity contribution in [3.05, 3.63) is 117 Å². The molecule has 2 N–H and O–H groups in total. The number of likely N-dealkylation sites (tertiary alicyclic amines) is 1. The first-order valence-corrected chi connectivity index (χ1v) is 20.2. The molecule has 4 aromatic carbocycles. The highest BCUT2D eigenvalue weighted by atomic mass is 79.9. The minimum atomic E-state index is -0.961. The maximum atomic E-state index is 13.3. The van der Waals surface area contributed by atoms with Crippen LogP contribution in [0.1, 0.15) is 80.4 Å². The molecule has 0 spiro atoms. The summed E-state index contributed by atoms with van der Waals surface area (Å²) in [4.78, 5) is 57.4. The van der Waals surface area contributed by atoms with Crippen LogP contribution in [-0.4, -0.2) is 77.3 Å². The van der Waals surface area contributed by atoms with Crippen LogP contribution in [0.3, 0.4) is 0 Å². The minimum absolute atomic E-state index is 0.0720. The van der Waals surface area contributed by atoms with Gasteiger partial charge < -0.3 is 19.6 Å². The number of thioether (sulfide) groups is 1. The molecule has 0 radical (unpaired) electrons. The van der Waals surface area contributed by atoms with Gasteiger partial charge in [-0.1, -0.05) is 46.3 Å². The Morgan fingerprint density at radius 1 is 0.815 bits per heavy atom. The second kappa shape index (κ2) is 14.2. The summed E-state index contributed by atoms with van der Waals surface area (Å²) >= 11 is 5.27. The summed E-state index contributed by atoms with van der Waals surface area (Å²) in [5, 5.41) is 12.5. The van der Waals surface area contributed by atoms with Crippen LogP contribution in [0.15, 0.2) is 94.3 Å².